The molecule has 0 atom stereocenters. The Kier molecular flexibility index (Phi) is 2.79. The fourth-order valence-corrected chi connectivity index (χ4v) is 1.20. The van der Waals surface area contributed by atoms with Crippen molar-refractivity contribution in [2.45, 2.75) is 46.0 Å². The molecule has 0 unspecified atom stereocenters. The topological polar surface area (TPSA) is 45.8 Å². The largest absolute Gasteiger partial charge is 0.310 e. The summed E-state index contributed by atoms with van der Waals surface area (Å²) in [5.74, 6) is 0.965. The van der Waals surface area contributed by atoms with E-state index in [0.717, 1.165) is 11.4 Å². The minimum atomic E-state index is -0.103. The van der Waals surface area contributed by atoms with Gasteiger partial charge >= 0.3 is 0 Å². The first kappa shape index (κ1) is 11.0. The summed E-state index contributed by atoms with van der Waals surface area (Å²) in [5, 5.41) is 0. The van der Waals surface area contributed by atoms with Gasteiger partial charge in [0, 0.05) is 17.2 Å². The van der Waals surface area contributed by atoms with Crippen LogP contribution >= 0.6 is 0 Å². The van der Waals surface area contributed by atoms with E-state index in [1.165, 1.54) is 0 Å². The van der Waals surface area contributed by atoms with E-state index in [1.807, 2.05) is 34.6 Å². The summed E-state index contributed by atoms with van der Waals surface area (Å²) in [5.41, 5.74) is 0.632. The zero-order valence-electron chi connectivity index (χ0n) is 9.51. The molecule has 0 fully saturated rings. The Morgan fingerprint density at radius 2 is 1.93 bits per heavy atom. The Labute approximate surface area is 84.6 Å². The van der Waals surface area contributed by atoms with Crippen molar-refractivity contribution < 1.29 is 0 Å². The van der Waals surface area contributed by atoms with Crippen LogP contribution in [0.15, 0.2) is 11.0 Å². The first-order valence-corrected chi connectivity index (χ1v) is 4.92. The van der Waals surface area contributed by atoms with E-state index >= 15 is 0 Å². The highest BCUT2D eigenvalue weighted by Crippen LogP contribution is 2.17. The number of hydrogen-bond donors (Lipinski definition) is 1. The van der Waals surface area contributed by atoms with Crippen LogP contribution in [0, 0.1) is 0 Å². The van der Waals surface area contributed by atoms with Crippen molar-refractivity contribution in [3.8, 4) is 0 Å². The normalized spacial score (nSPS) is 12.1. The molecular formula is C11H18N2O. The van der Waals surface area contributed by atoms with Crippen LogP contribution in [0.1, 0.15) is 51.9 Å². The van der Waals surface area contributed by atoms with Gasteiger partial charge in [-0.1, -0.05) is 34.6 Å². The SMILES string of the molecule is CC(C)c1cnc(C(C)(C)C)[nH]c1=O. The van der Waals surface area contributed by atoms with Gasteiger partial charge in [-0.3, -0.25) is 4.79 Å². The maximum atomic E-state index is 11.6. The standard InChI is InChI=1S/C11H18N2O/c1-7(2)8-6-12-10(11(3,4)5)13-9(8)14/h6-7H,1-5H3,(H,12,13,14). The summed E-state index contributed by atoms with van der Waals surface area (Å²) in [7, 11) is 0. The van der Waals surface area contributed by atoms with E-state index in [-0.39, 0.29) is 16.9 Å². The van der Waals surface area contributed by atoms with Crippen LogP contribution in [0.25, 0.3) is 0 Å². The Morgan fingerprint density at radius 3 is 2.29 bits per heavy atom. The summed E-state index contributed by atoms with van der Waals surface area (Å²) in [6.07, 6.45) is 1.68. The first-order valence-electron chi connectivity index (χ1n) is 4.92. The first-order chi connectivity index (χ1) is 6.32. The molecule has 0 aliphatic heterocycles. The summed E-state index contributed by atoms with van der Waals surface area (Å²) in [4.78, 5) is 18.7. The van der Waals surface area contributed by atoms with Gasteiger partial charge < -0.3 is 4.98 Å². The summed E-state index contributed by atoms with van der Waals surface area (Å²) in [6.45, 7) is 10.1. The third-order valence-corrected chi connectivity index (χ3v) is 2.16. The predicted octanol–water partition coefficient (Wildman–Crippen LogP) is 2.19. The van der Waals surface area contributed by atoms with Crippen LogP contribution in [0.5, 0.6) is 0 Å². The van der Waals surface area contributed by atoms with Gasteiger partial charge in [-0.05, 0) is 5.92 Å². The molecule has 0 amide bonds. The van der Waals surface area contributed by atoms with Crippen molar-refractivity contribution >= 4 is 0 Å². The van der Waals surface area contributed by atoms with Gasteiger partial charge in [-0.15, -0.1) is 0 Å². The Bertz CT molecular complexity index is 372. The molecule has 1 rings (SSSR count). The van der Waals surface area contributed by atoms with Crippen LogP contribution in [0.4, 0.5) is 0 Å². The maximum absolute atomic E-state index is 11.6. The second-order valence-corrected chi connectivity index (χ2v) is 4.92. The van der Waals surface area contributed by atoms with Crippen molar-refractivity contribution in [3.63, 3.8) is 0 Å². The number of H-pyrrole nitrogens is 1. The number of nitrogens with one attached hydrogen (secondary N) is 1. The molecule has 1 N–H and O–H groups in total. The molecule has 0 bridgehead atoms. The minimum absolute atomic E-state index is 0.0140. The van der Waals surface area contributed by atoms with Crippen LogP contribution < -0.4 is 5.56 Å². The third-order valence-electron chi connectivity index (χ3n) is 2.16. The van der Waals surface area contributed by atoms with Crippen LogP contribution in [0.3, 0.4) is 0 Å². The lowest BCUT2D eigenvalue weighted by Gasteiger charge is -2.17. The molecule has 3 heteroatoms. The summed E-state index contributed by atoms with van der Waals surface area (Å²) >= 11 is 0. The number of nitrogens with zero attached hydrogens (tertiary/aromatic N) is 1. The third kappa shape index (κ3) is 2.22. The van der Waals surface area contributed by atoms with E-state index < -0.39 is 0 Å². The minimum Gasteiger partial charge on any atom is -0.310 e. The molecule has 1 aromatic heterocycles. The van der Waals surface area contributed by atoms with Gasteiger partial charge in [-0.25, -0.2) is 4.98 Å². The molecule has 0 saturated carbocycles. The van der Waals surface area contributed by atoms with Crippen molar-refractivity contribution in [2.24, 2.45) is 0 Å². The molecule has 0 aromatic carbocycles. The van der Waals surface area contributed by atoms with Gasteiger partial charge in [0.1, 0.15) is 5.82 Å². The maximum Gasteiger partial charge on any atom is 0.254 e. The highest BCUT2D eigenvalue weighted by atomic mass is 16.1. The van der Waals surface area contributed by atoms with Crippen molar-refractivity contribution in [3.05, 3.63) is 27.9 Å². The highest BCUT2D eigenvalue weighted by Gasteiger charge is 2.17. The molecule has 0 saturated heterocycles. The monoisotopic (exact) mass is 194 g/mol. The zero-order chi connectivity index (χ0) is 10.9. The molecule has 78 valence electrons. The molecule has 14 heavy (non-hydrogen) atoms. The quantitative estimate of drug-likeness (QED) is 0.744. The lowest BCUT2D eigenvalue weighted by Crippen LogP contribution is -2.24. The summed E-state index contributed by atoms with van der Waals surface area (Å²) < 4.78 is 0. The van der Waals surface area contributed by atoms with E-state index in [0.29, 0.717) is 0 Å². The lowest BCUT2D eigenvalue weighted by molar-refractivity contribution is 0.540. The average molecular weight is 194 g/mol. The summed E-state index contributed by atoms with van der Waals surface area (Å²) in [6, 6.07) is 0. The molecule has 0 spiro atoms. The van der Waals surface area contributed by atoms with E-state index in [4.69, 9.17) is 0 Å². The lowest BCUT2D eigenvalue weighted by atomic mass is 9.95. The van der Waals surface area contributed by atoms with Crippen LogP contribution in [-0.4, -0.2) is 9.97 Å². The van der Waals surface area contributed by atoms with Crippen molar-refractivity contribution in [2.75, 3.05) is 0 Å². The van der Waals surface area contributed by atoms with Gasteiger partial charge in [0.2, 0.25) is 0 Å². The number of rotatable bonds is 1. The van der Waals surface area contributed by atoms with Gasteiger partial charge in [0.15, 0.2) is 0 Å². The van der Waals surface area contributed by atoms with Crippen LogP contribution in [0.2, 0.25) is 0 Å². The second kappa shape index (κ2) is 3.56. The fraction of sp³-hybridized carbons (Fsp3) is 0.636. The number of aromatic nitrogens is 2. The van der Waals surface area contributed by atoms with Gasteiger partial charge in [0.25, 0.3) is 5.56 Å². The molecule has 0 aliphatic carbocycles. The van der Waals surface area contributed by atoms with E-state index in [9.17, 15) is 4.79 Å². The Morgan fingerprint density at radius 1 is 1.36 bits per heavy atom. The number of hydrogen-bond acceptors (Lipinski definition) is 2. The molecule has 1 heterocycles. The van der Waals surface area contributed by atoms with Gasteiger partial charge in [-0.2, -0.15) is 0 Å². The highest BCUT2D eigenvalue weighted by molar-refractivity contribution is 5.12. The fourth-order valence-electron chi connectivity index (χ4n) is 1.20. The molecule has 0 aliphatic rings. The predicted molar refractivity (Wildman–Crippen MR) is 57.6 cm³/mol. The molecule has 1 aromatic rings. The Hall–Kier alpha value is -1.12. The van der Waals surface area contributed by atoms with Crippen molar-refractivity contribution in [1.82, 2.24) is 9.97 Å². The molecule has 3 nitrogen and oxygen atoms in total. The smallest absolute Gasteiger partial charge is 0.254 e. The average Bonchev–Trinajstić information content (AvgIpc) is 2.01. The van der Waals surface area contributed by atoms with E-state index in [1.54, 1.807) is 6.20 Å². The van der Waals surface area contributed by atoms with Crippen LogP contribution in [-0.2, 0) is 5.41 Å². The Balaban J connectivity index is 3.21. The van der Waals surface area contributed by atoms with Gasteiger partial charge in [0.05, 0.1) is 0 Å². The second-order valence-electron chi connectivity index (χ2n) is 4.92. The molecular weight excluding hydrogens is 176 g/mol. The van der Waals surface area contributed by atoms with Crippen molar-refractivity contribution in [1.29, 1.82) is 0 Å². The zero-order valence-corrected chi connectivity index (χ0v) is 9.51. The molecule has 0 radical (unpaired) electrons. The van der Waals surface area contributed by atoms with E-state index in [2.05, 4.69) is 9.97 Å². The number of aromatic amines is 1.